The zero-order valence-corrected chi connectivity index (χ0v) is 20.3. The molecule has 1 saturated heterocycles. The lowest BCUT2D eigenvalue weighted by Gasteiger charge is -2.26. The molecule has 1 atom stereocenters. The van der Waals surface area contributed by atoms with Crippen LogP contribution in [0.5, 0.6) is 23.0 Å². The standard InChI is InChI=1S/C27H27N3O7/c1-2-35-21-14-17(4-6-19(21)31)24-23(25(32)18-5-7-20-22(15-18)37-13-12-36-20)26(33)27(34)30(24)10-3-9-29-11-8-28-16-29/h4-8,11,14-16,24,31-32H,2-3,9-10,12-13H2,1H3/b25-23-. The van der Waals surface area contributed by atoms with Crippen molar-refractivity contribution in [3.63, 3.8) is 0 Å². The van der Waals surface area contributed by atoms with E-state index in [0.29, 0.717) is 55.4 Å². The van der Waals surface area contributed by atoms with Gasteiger partial charge in [0.25, 0.3) is 11.7 Å². The number of phenolic OH excluding ortho intramolecular Hbond substituents is 1. The number of phenols is 1. The number of aryl methyl sites for hydroxylation is 1. The van der Waals surface area contributed by atoms with Gasteiger partial charge in [0, 0.05) is 31.0 Å². The molecule has 1 aromatic heterocycles. The van der Waals surface area contributed by atoms with Crippen LogP contribution in [0, 0.1) is 0 Å². The summed E-state index contributed by atoms with van der Waals surface area (Å²) >= 11 is 0. The van der Waals surface area contributed by atoms with Crippen LogP contribution in [0.2, 0.25) is 0 Å². The van der Waals surface area contributed by atoms with E-state index in [-0.39, 0.29) is 29.4 Å². The van der Waals surface area contributed by atoms with Gasteiger partial charge < -0.3 is 33.9 Å². The fraction of sp³-hybridized carbons (Fsp3) is 0.296. The highest BCUT2D eigenvalue weighted by molar-refractivity contribution is 6.46. The second-order valence-corrected chi connectivity index (χ2v) is 8.67. The van der Waals surface area contributed by atoms with E-state index >= 15 is 0 Å². The van der Waals surface area contributed by atoms with Gasteiger partial charge in [-0.1, -0.05) is 6.07 Å². The number of aliphatic hydroxyl groups is 1. The van der Waals surface area contributed by atoms with E-state index in [9.17, 15) is 19.8 Å². The van der Waals surface area contributed by atoms with Crippen LogP contribution < -0.4 is 14.2 Å². The van der Waals surface area contributed by atoms with Crippen LogP contribution in [-0.4, -0.2) is 62.7 Å². The molecule has 5 rings (SSSR count). The first-order valence-electron chi connectivity index (χ1n) is 12.1. The third-order valence-electron chi connectivity index (χ3n) is 6.33. The molecule has 3 aromatic rings. The normalized spacial score (nSPS) is 18.3. The Balaban J connectivity index is 1.56. The van der Waals surface area contributed by atoms with Crippen LogP contribution in [0.4, 0.5) is 0 Å². The van der Waals surface area contributed by atoms with Gasteiger partial charge in [0.1, 0.15) is 19.0 Å². The Morgan fingerprint density at radius 2 is 1.92 bits per heavy atom. The lowest BCUT2D eigenvalue weighted by molar-refractivity contribution is -0.139. The number of aliphatic hydroxyl groups excluding tert-OH is 1. The first kappa shape index (κ1) is 24.2. The van der Waals surface area contributed by atoms with Crippen LogP contribution in [0.25, 0.3) is 5.76 Å². The third-order valence-corrected chi connectivity index (χ3v) is 6.33. The quantitative estimate of drug-likeness (QED) is 0.272. The van der Waals surface area contributed by atoms with Crippen molar-refractivity contribution >= 4 is 17.4 Å². The van der Waals surface area contributed by atoms with Crippen molar-refractivity contribution in [1.29, 1.82) is 0 Å². The van der Waals surface area contributed by atoms with E-state index in [1.807, 2.05) is 10.8 Å². The summed E-state index contributed by atoms with van der Waals surface area (Å²) in [6.07, 6.45) is 5.73. The maximum atomic E-state index is 13.3. The second-order valence-electron chi connectivity index (χ2n) is 8.67. The molecule has 2 aliphatic heterocycles. The number of aromatic hydroxyl groups is 1. The van der Waals surface area contributed by atoms with Gasteiger partial charge in [0.05, 0.1) is 24.5 Å². The molecule has 1 unspecified atom stereocenters. The summed E-state index contributed by atoms with van der Waals surface area (Å²) in [5.74, 6) is -0.656. The number of hydrogen-bond donors (Lipinski definition) is 2. The van der Waals surface area contributed by atoms with Gasteiger partial charge in [0.15, 0.2) is 23.0 Å². The lowest BCUT2D eigenvalue weighted by Crippen LogP contribution is -2.31. The molecule has 192 valence electrons. The molecule has 0 spiro atoms. The van der Waals surface area contributed by atoms with Gasteiger partial charge in [-0.05, 0) is 49.2 Å². The van der Waals surface area contributed by atoms with Gasteiger partial charge in [-0.25, -0.2) is 4.98 Å². The fourth-order valence-electron chi connectivity index (χ4n) is 4.62. The summed E-state index contributed by atoms with van der Waals surface area (Å²) in [4.78, 5) is 32.0. The molecule has 3 heterocycles. The zero-order valence-electron chi connectivity index (χ0n) is 20.3. The number of carbonyl (C=O) groups is 2. The summed E-state index contributed by atoms with van der Waals surface area (Å²) < 4.78 is 18.6. The fourth-order valence-corrected chi connectivity index (χ4v) is 4.62. The predicted octanol–water partition coefficient (Wildman–Crippen LogP) is 3.27. The zero-order chi connectivity index (χ0) is 25.9. The summed E-state index contributed by atoms with van der Waals surface area (Å²) in [5, 5.41) is 21.6. The van der Waals surface area contributed by atoms with Crippen molar-refractivity contribution in [3.05, 3.63) is 71.8 Å². The molecule has 1 fully saturated rings. The molecule has 0 aliphatic carbocycles. The van der Waals surface area contributed by atoms with Crippen LogP contribution >= 0.6 is 0 Å². The highest BCUT2D eigenvalue weighted by Gasteiger charge is 2.46. The number of hydrogen-bond acceptors (Lipinski definition) is 8. The lowest BCUT2D eigenvalue weighted by atomic mass is 9.94. The summed E-state index contributed by atoms with van der Waals surface area (Å²) in [7, 11) is 0. The highest BCUT2D eigenvalue weighted by atomic mass is 16.6. The van der Waals surface area contributed by atoms with Gasteiger partial charge in [0.2, 0.25) is 0 Å². The smallest absolute Gasteiger partial charge is 0.295 e. The van der Waals surface area contributed by atoms with Crippen molar-refractivity contribution in [2.24, 2.45) is 0 Å². The van der Waals surface area contributed by atoms with E-state index in [1.165, 1.54) is 11.0 Å². The number of fused-ring (bicyclic) bond motifs is 1. The topological polar surface area (TPSA) is 123 Å². The molecular formula is C27H27N3O7. The number of Topliss-reactive ketones (excluding diaryl/α,β-unsaturated/α-hetero) is 1. The Morgan fingerprint density at radius 3 is 2.68 bits per heavy atom. The molecule has 2 aliphatic rings. The number of ether oxygens (including phenoxy) is 3. The average Bonchev–Trinajstić information content (AvgIpc) is 3.52. The molecule has 0 radical (unpaired) electrons. The van der Waals surface area contributed by atoms with Crippen molar-refractivity contribution in [3.8, 4) is 23.0 Å². The third kappa shape index (κ3) is 4.69. The van der Waals surface area contributed by atoms with Crippen LogP contribution in [0.1, 0.15) is 30.5 Å². The van der Waals surface area contributed by atoms with E-state index in [4.69, 9.17) is 14.2 Å². The van der Waals surface area contributed by atoms with Crippen molar-refractivity contribution in [2.45, 2.75) is 25.9 Å². The predicted molar refractivity (Wildman–Crippen MR) is 133 cm³/mol. The summed E-state index contributed by atoms with van der Waals surface area (Å²) in [6.45, 7) is 3.75. The number of likely N-dealkylation sites (tertiary alicyclic amines) is 1. The monoisotopic (exact) mass is 505 g/mol. The van der Waals surface area contributed by atoms with E-state index in [1.54, 1.807) is 49.8 Å². The SMILES string of the molecule is CCOc1cc(C2/C(=C(/O)c3ccc4c(c3)OCCO4)C(=O)C(=O)N2CCCn2ccnc2)ccc1O. The molecule has 10 nitrogen and oxygen atoms in total. The minimum Gasteiger partial charge on any atom is -0.507 e. The Kier molecular flexibility index (Phi) is 6.72. The highest BCUT2D eigenvalue weighted by Crippen LogP contribution is 2.43. The first-order chi connectivity index (χ1) is 18.0. The van der Waals surface area contributed by atoms with Gasteiger partial charge in [-0.2, -0.15) is 0 Å². The number of amides is 1. The van der Waals surface area contributed by atoms with Crippen molar-refractivity contribution < 1.29 is 34.0 Å². The minimum absolute atomic E-state index is 0.0440. The maximum absolute atomic E-state index is 13.3. The first-order valence-corrected chi connectivity index (χ1v) is 12.1. The van der Waals surface area contributed by atoms with Crippen molar-refractivity contribution in [2.75, 3.05) is 26.4 Å². The summed E-state index contributed by atoms with van der Waals surface area (Å²) in [6, 6.07) is 8.66. The average molecular weight is 506 g/mol. The van der Waals surface area contributed by atoms with Crippen molar-refractivity contribution in [1.82, 2.24) is 14.5 Å². The maximum Gasteiger partial charge on any atom is 0.295 e. The number of nitrogens with zero attached hydrogens (tertiary/aromatic N) is 3. The molecule has 10 heteroatoms. The number of aromatic nitrogens is 2. The molecule has 1 amide bonds. The molecule has 2 N–H and O–H groups in total. The van der Waals surface area contributed by atoms with E-state index < -0.39 is 17.7 Å². The Hall–Kier alpha value is -4.47. The van der Waals surface area contributed by atoms with Crippen LogP contribution in [0.3, 0.4) is 0 Å². The Bertz CT molecular complexity index is 1350. The van der Waals surface area contributed by atoms with Gasteiger partial charge in [-0.15, -0.1) is 0 Å². The van der Waals surface area contributed by atoms with Gasteiger partial charge in [-0.3, -0.25) is 9.59 Å². The number of imidazole rings is 1. The second kappa shape index (κ2) is 10.3. The Labute approximate surface area is 213 Å². The van der Waals surface area contributed by atoms with Crippen LogP contribution in [0.15, 0.2) is 60.7 Å². The Morgan fingerprint density at radius 1 is 1.11 bits per heavy atom. The van der Waals surface area contributed by atoms with Crippen LogP contribution in [-0.2, 0) is 16.1 Å². The largest absolute Gasteiger partial charge is 0.507 e. The summed E-state index contributed by atoms with van der Waals surface area (Å²) in [5.41, 5.74) is 0.814. The molecule has 0 saturated carbocycles. The molecule has 2 aromatic carbocycles. The molecular weight excluding hydrogens is 478 g/mol. The minimum atomic E-state index is -0.879. The molecule has 0 bridgehead atoms. The number of benzene rings is 2. The number of ketones is 1. The van der Waals surface area contributed by atoms with E-state index in [2.05, 4.69) is 4.98 Å². The number of rotatable bonds is 8. The van der Waals surface area contributed by atoms with E-state index in [0.717, 1.165) is 0 Å². The molecule has 37 heavy (non-hydrogen) atoms. The number of carbonyl (C=O) groups excluding carboxylic acids is 2. The van der Waals surface area contributed by atoms with Gasteiger partial charge >= 0.3 is 0 Å².